The van der Waals surface area contributed by atoms with Crippen LogP contribution in [0.25, 0.3) is 10.8 Å². The van der Waals surface area contributed by atoms with E-state index >= 15 is 0 Å². The Hall–Kier alpha value is -1.30. The molecule has 0 aromatic heterocycles. The molecular formula is C20H23IO3. The fourth-order valence-corrected chi connectivity index (χ4v) is 4.55. The number of hydrogen-bond acceptors (Lipinski definition) is 3. The van der Waals surface area contributed by atoms with Gasteiger partial charge in [-0.05, 0) is 82.7 Å². The summed E-state index contributed by atoms with van der Waals surface area (Å²) in [7, 11) is 1.40. The molecular weight excluding hydrogens is 415 g/mol. The Balaban J connectivity index is 1.87. The number of methoxy groups -OCH3 is 1. The highest BCUT2D eigenvalue weighted by Crippen LogP contribution is 2.35. The van der Waals surface area contributed by atoms with Crippen LogP contribution in [0, 0.1) is 15.4 Å². The predicted octanol–water partition coefficient (Wildman–Crippen LogP) is 5.43. The summed E-state index contributed by atoms with van der Waals surface area (Å²) in [5, 5.41) is 2.14. The lowest BCUT2D eigenvalue weighted by Gasteiger charge is -2.32. The number of carbonyl (C=O) groups excluding carboxylic acids is 1. The number of rotatable bonds is 3. The van der Waals surface area contributed by atoms with Crippen LogP contribution in [0.5, 0.6) is 5.75 Å². The first-order valence-corrected chi connectivity index (χ1v) is 9.53. The third-order valence-corrected chi connectivity index (χ3v) is 5.88. The summed E-state index contributed by atoms with van der Waals surface area (Å²) in [4.78, 5) is 11.7. The van der Waals surface area contributed by atoms with Crippen molar-refractivity contribution < 1.29 is 14.3 Å². The number of halogens is 1. The molecule has 128 valence electrons. The number of esters is 1. The first-order chi connectivity index (χ1) is 11.5. The molecule has 1 aliphatic rings. The zero-order chi connectivity index (χ0) is 17.3. The van der Waals surface area contributed by atoms with Gasteiger partial charge in [0.25, 0.3) is 0 Å². The van der Waals surface area contributed by atoms with E-state index in [1.807, 2.05) is 30.3 Å². The maximum Gasteiger partial charge on any atom is 0.337 e. The summed E-state index contributed by atoms with van der Waals surface area (Å²) in [5.74, 6) is 2.08. The Morgan fingerprint density at radius 1 is 1.08 bits per heavy atom. The second kappa shape index (κ2) is 7.30. The number of hydrogen-bond donors (Lipinski definition) is 0. The Labute approximate surface area is 156 Å². The van der Waals surface area contributed by atoms with Crippen LogP contribution in [0.1, 0.15) is 43.5 Å². The van der Waals surface area contributed by atoms with Crippen LogP contribution >= 0.6 is 22.6 Å². The fraction of sp³-hybridized carbons (Fsp3) is 0.450. The van der Waals surface area contributed by atoms with Gasteiger partial charge in [-0.1, -0.05) is 26.0 Å². The van der Waals surface area contributed by atoms with Gasteiger partial charge in [0.2, 0.25) is 0 Å². The van der Waals surface area contributed by atoms with Crippen LogP contribution in [-0.2, 0) is 4.74 Å². The van der Waals surface area contributed by atoms with Gasteiger partial charge in [0.05, 0.1) is 22.3 Å². The van der Waals surface area contributed by atoms with Crippen LogP contribution < -0.4 is 4.74 Å². The van der Waals surface area contributed by atoms with Crippen molar-refractivity contribution in [2.75, 3.05) is 7.11 Å². The average molecular weight is 438 g/mol. The molecule has 3 atom stereocenters. The molecule has 0 radical (unpaired) electrons. The van der Waals surface area contributed by atoms with Gasteiger partial charge < -0.3 is 9.47 Å². The van der Waals surface area contributed by atoms with Crippen molar-refractivity contribution in [3.8, 4) is 5.75 Å². The largest absolute Gasteiger partial charge is 0.489 e. The van der Waals surface area contributed by atoms with E-state index in [9.17, 15) is 4.79 Å². The normalized spacial score (nSPS) is 23.9. The summed E-state index contributed by atoms with van der Waals surface area (Å²) >= 11 is 2.34. The van der Waals surface area contributed by atoms with Gasteiger partial charge in [-0.2, -0.15) is 0 Å². The van der Waals surface area contributed by atoms with E-state index < -0.39 is 0 Å². The highest BCUT2D eigenvalue weighted by Gasteiger charge is 2.26. The second-order valence-electron chi connectivity index (χ2n) is 6.96. The first kappa shape index (κ1) is 17.5. The van der Waals surface area contributed by atoms with Crippen molar-refractivity contribution in [3.63, 3.8) is 0 Å². The third kappa shape index (κ3) is 3.68. The van der Waals surface area contributed by atoms with E-state index in [-0.39, 0.29) is 5.97 Å². The maximum absolute atomic E-state index is 11.7. The van der Waals surface area contributed by atoms with Crippen molar-refractivity contribution in [2.45, 2.75) is 39.2 Å². The van der Waals surface area contributed by atoms with Gasteiger partial charge in [-0.25, -0.2) is 4.79 Å². The molecule has 3 nitrogen and oxygen atoms in total. The minimum Gasteiger partial charge on any atom is -0.489 e. The average Bonchev–Trinajstić information content (AvgIpc) is 2.55. The molecule has 1 saturated carbocycles. The van der Waals surface area contributed by atoms with Gasteiger partial charge in [0.15, 0.2) is 0 Å². The molecule has 0 amide bonds. The Kier molecular flexibility index (Phi) is 5.33. The zero-order valence-electron chi connectivity index (χ0n) is 14.3. The second-order valence-corrected chi connectivity index (χ2v) is 8.04. The Morgan fingerprint density at radius 2 is 1.79 bits per heavy atom. The van der Waals surface area contributed by atoms with Gasteiger partial charge in [-0.15, -0.1) is 0 Å². The molecule has 0 heterocycles. The summed E-state index contributed by atoms with van der Waals surface area (Å²) < 4.78 is 12.2. The number of ether oxygens (including phenoxy) is 2. The topological polar surface area (TPSA) is 35.5 Å². The molecule has 1 aliphatic carbocycles. The van der Waals surface area contributed by atoms with Crippen molar-refractivity contribution in [2.24, 2.45) is 11.8 Å². The maximum atomic E-state index is 11.7. The minimum atomic E-state index is -0.308. The van der Waals surface area contributed by atoms with E-state index in [0.717, 1.165) is 44.8 Å². The van der Waals surface area contributed by atoms with Gasteiger partial charge in [0.1, 0.15) is 5.75 Å². The molecule has 24 heavy (non-hydrogen) atoms. The summed E-state index contributed by atoms with van der Waals surface area (Å²) in [5.41, 5.74) is 0.574. The molecule has 0 bridgehead atoms. The monoisotopic (exact) mass is 438 g/mol. The summed E-state index contributed by atoms with van der Waals surface area (Å²) in [6.07, 6.45) is 3.84. The summed E-state index contributed by atoms with van der Waals surface area (Å²) in [6, 6.07) is 9.70. The van der Waals surface area contributed by atoms with Gasteiger partial charge in [-0.3, -0.25) is 0 Å². The number of carbonyl (C=O) groups is 1. The van der Waals surface area contributed by atoms with E-state index in [2.05, 4.69) is 36.4 Å². The number of fused-ring (bicyclic) bond motifs is 1. The molecule has 0 N–H and O–H groups in total. The molecule has 0 aliphatic heterocycles. The Morgan fingerprint density at radius 3 is 2.46 bits per heavy atom. The lowest BCUT2D eigenvalue weighted by Crippen LogP contribution is -2.28. The number of benzene rings is 2. The molecule has 0 spiro atoms. The molecule has 2 aromatic rings. The lowest BCUT2D eigenvalue weighted by molar-refractivity contribution is 0.0601. The van der Waals surface area contributed by atoms with Crippen LogP contribution in [0.15, 0.2) is 30.3 Å². The molecule has 0 saturated heterocycles. The summed E-state index contributed by atoms with van der Waals surface area (Å²) in [6.45, 7) is 4.62. The minimum absolute atomic E-state index is 0.295. The highest BCUT2D eigenvalue weighted by atomic mass is 127. The van der Waals surface area contributed by atoms with Crippen LogP contribution in [0.3, 0.4) is 0 Å². The quantitative estimate of drug-likeness (QED) is 0.473. The van der Waals surface area contributed by atoms with Crippen LogP contribution in [0.2, 0.25) is 0 Å². The SMILES string of the molecule is COC(=O)c1ccc2c(I)c(OC3C[C@@H](C)C[C@@H](C)C3)ccc2c1. The van der Waals surface area contributed by atoms with E-state index in [1.165, 1.54) is 13.5 Å². The van der Waals surface area contributed by atoms with E-state index in [4.69, 9.17) is 9.47 Å². The molecule has 2 aromatic carbocycles. The van der Waals surface area contributed by atoms with Crippen molar-refractivity contribution in [1.82, 2.24) is 0 Å². The van der Waals surface area contributed by atoms with Crippen molar-refractivity contribution >= 4 is 39.3 Å². The van der Waals surface area contributed by atoms with E-state index in [0.29, 0.717) is 11.7 Å². The molecule has 1 fully saturated rings. The lowest BCUT2D eigenvalue weighted by atomic mass is 9.82. The fourth-order valence-electron chi connectivity index (χ4n) is 3.76. The predicted molar refractivity (Wildman–Crippen MR) is 105 cm³/mol. The Bertz CT molecular complexity index is 746. The first-order valence-electron chi connectivity index (χ1n) is 8.45. The van der Waals surface area contributed by atoms with Gasteiger partial charge >= 0.3 is 5.97 Å². The van der Waals surface area contributed by atoms with Crippen LogP contribution in [-0.4, -0.2) is 19.2 Å². The third-order valence-electron chi connectivity index (χ3n) is 4.77. The van der Waals surface area contributed by atoms with Crippen LogP contribution in [0.4, 0.5) is 0 Å². The standard InChI is InChI=1S/C20H23IO3/c1-12-8-13(2)10-16(9-12)24-18-7-5-14-11-15(20(22)23-3)4-6-17(14)19(18)21/h4-7,11-13,16H,8-10H2,1-3H3/t12-,13+,16?. The molecule has 3 rings (SSSR count). The van der Waals surface area contributed by atoms with E-state index in [1.54, 1.807) is 0 Å². The molecule has 4 heteroatoms. The highest BCUT2D eigenvalue weighted by molar-refractivity contribution is 14.1. The van der Waals surface area contributed by atoms with Crippen molar-refractivity contribution in [1.29, 1.82) is 0 Å². The smallest absolute Gasteiger partial charge is 0.337 e. The molecule has 1 unspecified atom stereocenters. The van der Waals surface area contributed by atoms with Crippen molar-refractivity contribution in [3.05, 3.63) is 39.5 Å². The zero-order valence-corrected chi connectivity index (χ0v) is 16.5. The van der Waals surface area contributed by atoms with Gasteiger partial charge in [0, 0.05) is 0 Å².